The summed E-state index contributed by atoms with van der Waals surface area (Å²) in [5.74, 6) is 0. The zero-order valence-electron chi connectivity index (χ0n) is 35.6. The van der Waals surface area contributed by atoms with Crippen molar-refractivity contribution in [2.24, 2.45) is 0 Å². The average molecular weight is 835 g/mol. The Labute approximate surface area is 376 Å². The molecule has 13 rings (SSSR count). The molecule has 0 radical (unpaired) electrons. The summed E-state index contributed by atoms with van der Waals surface area (Å²) >= 11 is 1.88. The molecule has 64 heavy (non-hydrogen) atoms. The smallest absolute Gasteiger partial charge is 0.0541 e. The van der Waals surface area contributed by atoms with Crippen molar-refractivity contribution < 1.29 is 0 Å². The maximum absolute atomic E-state index is 2.44. The number of anilines is 3. The monoisotopic (exact) mass is 834 g/mol. The Balaban J connectivity index is 0.914. The highest BCUT2D eigenvalue weighted by molar-refractivity contribution is 7.26. The van der Waals surface area contributed by atoms with Gasteiger partial charge in [-0.25, -0.2) is 0 Å². The van der Waals surface area contributed by atoms with Crippen LogP contribution in [-0.4, -0.2) is 4.57 Å². The van der Waals surface area contributed by atoms with E-state index in [0.717, 1.165) is 17.1 Å². The van der Waals surface area contributed by atoms with Crippen molar-refractivity contribution in [1.82, 2.24) is 4.57 Å². The molecular formula is C61H42N2S. The van der Waals surface area contributed by atoms with Gasteiger partial charge < -0.3 is 9.47 Å². The molecule has 0 spiro atoms. The summed E-state index contributed by atoms with van der Waals surface area (Å²) in [6.07, 6.45) is 0. The summed E-state index contributed by atoms with van der Waals surface area (Å²) in [5, 5.41) is 7.58. The molecule has 0 bridgehead atoms. The Kier molecular flexibility index (Phi) is 8.16. The summed E-state index contributed by atoms with van der Waals surface area (Å²) in [7, 11) is 0. The van der Waals surface area contributed by atoms with E-state index in [1.807, 2.05) is 11.3 Å². The van der Waals surface area contributed by atoms with Crippen LogP contribution in [0.1, 0.15) is 25.0 Å². The molecule has 0 saturated heterocycles. The lowest BCUT2D eigenvalue weighted by atomic mass is 9.82. The molecule has 0 aliphatic heterocycles. The van der Waals surface area contributed by atoms with Crippen LogP contribution in [-0.2, 0) is 5.41 Å². The first-order valence-corrected chi connectivity index (χ1v) is 23.0. The Morgan fingerprint density at radius 2 is 1.00 bits per heavy atom. The highest BCUT2D eigenvalue weighted by Crippen LogP contribution is 2.51. The van der Waals surface area contributed by atoms with E-state index in [0.29, 0.717) is 0 Å². The molecule has 2 aromatic heterocycles. The standard InChI is InChI=1S/C61H42N2S/c1-61(2)55-20-9-6-15-49(55)50-33-32-47(38-56(50)61)62(45-29-25-39(26-30-45)48-18-12-19-53-52-17-8-11-22-59(52)64-60(48)53)46-31-27-41-35-40(23-24-42(41)36-46)43-28-34-58-54(37-43)51-16-7-10-21-57(51)63(58)44-13-4-3-5-14-44/h3-38H,1-2H3. The largest absolute Gasteiger partial charge is 0.310 e. The molecular weight excluding hydrogens is 793 g/mol. The van der Waals surface area contributed by atoms with Gasteiger partial charge in [0.15, 0.2) is 0 Å². The predicted octanol–water partition coefficient (Wildman–Crippen LogP) is 17.4. The van der Waals surface area contributed by atoms with Crippen LogP contribution in [0.2, 0.25) is 0 Å². The average Bonchev–Trinajstić information content (AvgIpc) is 3.97. The van der Waals surface area contributed by atoms with Gasteiger partial charge in [-0.1, -0.05) is 153 Å². The number of hydrogen-bond acceptors (Lipinski definition) is 2. The maximum Gasteiger partial charge on any atom is 0.0541 e. The third-order valence-electron chi connectivity index (χ3n) is 13.8. The van der Waals surface area contributed by atoms with Crippen LogP contribution >= 0.6 is 11.3 Å². The third kappa shape index (κ3) is 5.64. The van der Waals surface area contributed by atoms with Gasteiger partial charge in [0.1, 0.15) is 0 Å². The molecule has 3 heteroatoms. The van der Waals surface area contributed by atoms with E-state index in [2.05, 4.69) is 242 Å². The van der Waals surface area contributed by atoms with Crippen LogP contribution in [0, 0.1) is 0 Å². The van der Waals surface area contributed by atoms with Gasteiger partial charge in [0.2, 0.25) is 0 Å². The van der Waals surface area contributed by atoms with Crippen molar-refractivity contribution in [2.45, 2.75) is 19.3 Å². The number of fused-ring (bicyclic) bond motifs is 10. The first kappa shape index (κ1) is 36.9. The van der Waals surface area contributed by atoms with E-state index >= 15 is 0 Å². The minimum atomic E-state index is -0.111. The zero-order valence-corrected chi connectivity index (χ0v) is 36.4. The van der Waals surface area contributed by atoms with Gasteiger partial charge in [0, 0.05) is 59.1 Å². The maximum atomic E-state index is 2.44. The van der Waals surface area contributed by atoms with Gasteiger partial charge in [0.05, 0.1) is 11.0 Å². The number of para-hydroxylation sites is 2. The molecule has 0 saturated carbocycles. The minimum absolute atomic E-state index is 0.111. The number of rotatable bonds is 6. The summed E-state index contributed by atoms with van der Waals surface area (Å²) in [5.41, 5.74) is 17.2. The van der Waals surface area contributed by atoms with Gasteiger partial charge in [0.25, 0.3) is 0 Å². The molecule has 302 valence electrons. The van der Waals surface area contributed by atoms with Crippen LogP contribution < -0.4 is 4.90 Å². The van der Waals surface area contributed by atoms with Crippen LogP contribution in [0.3, 0.4) is 0 Å². The van der Waals surface area contributed by atoms with Crippen LogP contribution in [0.5, 0.6) is 0 Å². The fourth-order valence-electron chi connectivity index (χ4n) is 10.6. The molecule has 2 nitrogen and oxygen atoms in total. The number of benzene rings is 10. The lowest BCUT2D eigenvalue weighted by molar-refractivity contribution is 0.660. The van der Waals surface area contributed by atoms with Crippen LogP contribution in [0.25, 0.3) is 91.8 Å². The lowest BCUT2D eigenvalue weighted by Crippen LogP contribution is -2.16. The van der Waals surface area contributed by atoms with Crippen LogP contribution in [0.15, 0.2) is 218 Å². The van der Waals surface area contributed by atoms with Gasteiger partial charge in [-0.3, -0.25) is 0 Å². The van der Waals surface area contributed by atoms with Crippen molar-refractivity contribution in [3.63, 3.8) is 0 Å². The van der Waals surface area contributed by atoms with Crippen LogP contribution in [0.4, 0.5) is 17.1 Å². The molecule has 10 aromatic carbocycles. The number of hydrogen-bond donors (Lipinski definition) is 0. The van der Waals surface area contributed by atoms with Gasteiger partial charge in [-0.05, 0) is 134 Å². The first-order valence-electron chi connectivity index (χ1n) is 22.2. The molecule has 1 aliphatic carbocycles. The molecule has 0 unspecified atom stereocenters. The molecule has 0 N–H and O–H groups in total. The summed E-state index contributed by atoms with van der Waals surface area (Å²) in [6.45, 7) is 4.73. The first-order chi connectivity index (χ1) is 31.5. The number of aromatic nitrogens is 1. The van der Waals surface area contributed by atoms with Crippen molar-refractivity contribution in [2.75, 3.05) is 4.90 Å². The number of thiophene rings is 1. The fraction of sp³-hybridized carbons (Fsp3) is 0.0492. The molecule has 12 aromatic rings. The number of nitrogens with zero attached hydrogens (tertiary/aromatic N) is 2. The molecule has 1 aliphatic rings. The van der Waals surface area contributed by atoms with Gasteiger partial charge >= 0.3 is 0 Å². The topological polar surface area (TPSA) is 8.17 Å². The van der Waals surface area contributed by atoms with E-state index in [1.165, 1.54) is 103 Å². The summed E-state index contributed by atoms with van der Waals surface area (Å²) < 4.78 is 5.04. The highest BCUT2D eigenvalue weighted by atomic mass is 32.1. The van der Waals surface area contributed by atoms with Crippen molar-refractivity contribution in [1.29, 1.82) is 0 Å². The van der Waals surface area contributed by atoms with E-state index < -0.39 is 0 Å². The second-order valence-corrected chi connectivity index (χ2v) is 18.8. The van der Waals surface area contributed by atoms with E-state index in [-0.39, 0.29) is 5.41 Å². The highest BCUT2D eigenvalue weighted by Gasteiger charge is 2.35. The second kappa shape index (κ2) is 14.2. The third-order valence-corrected chi connectivity index (χ3v) is 15.0. The summed E-state index contributed by atoms with van der Waals surface area (Å²) in [6, 6.07) is 80.9. The SMILES string of the molecule is CC1(C)c2ccccc2-c2ccc(N(c3ccc(-c4cccc5c4sc4ccccc45)cc3)c3ccc4cc(-c5ccc6c(c5)c5ccccc5n6-c5ccccc5)ccc4c3)cc21. The van der Waals surface area contributed by atoms with Crippen molar-refractivity contribution >= 4 is 81.1 Å². The van der Waals surface area contributed by atoms with Crippen molar-refractivity contribution in [3.05, 3.63) is 230 Å². The lowest BCUT2D eigenvalue weighted by Gasteiger charge is -2.28. The fourth-order valence-corrected chi connectivity index (χ4v) is 11.8. The Morgan fingerprint density at radius 1 is 0.391 bits per heavy atom. The Hall–Kier alpha value is -7.72. The quantitative estimate of drug-likeness (QED) is 0.162. The molecule has 0 fully saturated rings. The molecule has 0 atom stereocenters. The zero-order chi connectivity index (χ0) is 42.5. The Bertz CT molecular complexity index is 3810. The van der Waals surface area contributed by atoms with Gasteiger partial charge in [-0.2, -0.15) is 0 Å². The second-order valence-electron chi connectivity index (χ2n) is 17.7. The van der Waals surface area contributed by atoms with E-state index in [4.69, 9.17) is 0 Å². The van der Waals surface area contributed by atoms with E-state index in [9.17, 15) is 0 Å². The van der Waals surface area contributed by atoms with E-state index in [1.54, 1.807) is 0 Å². The Morgan fingerprint density at radius 3 is 1.89 bits per heavy atom. The molecule has 0 amide bonds. The van der Waals surface area contributed by atoms with Crippen molar-refractivity contribution in [3.8, 4) is 39.1 Å². The molecule has 2 heterocycles. The summed E-state index contributed by atoms with van der Waals surface area (Å²) in [4.78, 5) is 2.44. The predicted molar refractivity (Wildman–Crippen MR) is 274 cm³/mol. The minimum Gasteiger partial charge on any atom is -0.310 e. The normalized spacial score (nSPS) is 13.0. The van der Waals surface area contributed by atoms with Gasteiger partial charge in [-0.15, -0.1) is 11.3 Å².